The molecule has 178 valence electrons. The van der Waals surface area contributed by atoms with Gasteiger partial charge in [0.25, 0.3) is 0 Å². The molecule has 3 aromatic rings. The monoisotopic (exact) mass is 541 g/mol. The van der Waals surface area contributed by atoms with Gasteiger partial charge in [0.2, 0.25) is 15.9 Å². The summed E-state index contributed by atoms with van der Waals surface area (Å²) in [5.41, 5.74) is 2.91. The molecule has 3 aromatic carbocycles. The second-order valence-electron chi connectivity index (χ2n) is 8.39. The molecule has 0 radical (unpaired) electrons. The van der Waals surface area contributed by atoms with Crippen LogP contribution in [0.25, 0.3) is 0 Å². The zero-order valence-corrected chi connectivity index (χ0v) is 21.5. The van der Waals surface area contributed by atoms with Crippen molar-refractivity contribution < 1.29 is 13.2 Å². The Hall–Kier alpha value is -2.68. The SMILES string of the molecule is CS(=O)(=O)N(CC(=O)N1CCN(C(c2ccccc2)c2ccccc2)CC1)c1ccc(Br)cc1. The van der Waals surface area contributed by atoms with E-state index in [4.69, 9.17) is 0 Å². The smallest absolute Gasteiger partial charge is 0.243 e. The molecule has 1 amide bonds. The van der Waals surface area contributed by atoms with E-state index < -0.39 is 10.0 Å². The highest BCUT2D eigenvalue weighted by molar-refractivity contribution is 9.10. The van der Waals surface area contributed by atoms with Crippen LogP contribution < -0.4 is 4.31 Å². The number of carbonyl (C=O) groups excluding carboxylic acids is 1. The summed E-state index contributed by atoms with van der Waals surface area (Å²) in [5, 5.41) is 0. The maximum absolute atomic E-state index is 13.1. The van der Waals surface area contributed by atoms with Crippen molar-refractivity contribution in [3.05, 3.63) is 101 Å². The number of amides is 1. The molecule has 0 N–H and O–H groups in total. The molecule has 34 heavy (non-hydrogen) atoms. The van der Waals surface area contributed by atoms with E-state index in [2.05, 4.69) is 45.1 Å². The molecule has 4 rings (SSSR count). The lowest BCUT2D eigenvalue weighted by Gasteiger charge is -2.40. The quantitative estimate of drug-likeness (QED) is 0.450. The normalized spacial score (nSPS) is 14.9. The molecule has 1 aliphatic heterocycles. The molecule has 0 bridgehead atoms. The lowest BCUT2D eigenvalue weighted by molar-refractivity contribution is -0.131. The Morgan fingerprint density at radius 1 is 0.853 bits per heavy atom. The van der Waals surface area contributed by atoms with Gasteiger partial charge in [-0.25, -0.2) is 8.42 Å². The highest BCUT2D eigenvalue weighted by Crippen LogP contribution is 2.29. The first kappa shape index (κ1) is 24.4. The summed E-state index contributed by atoms with van der Waals surface area (Å²) in [6, 6.07) is 27.8. The average molecular weight is 542 g/mol. The fraction of sp³-hybridized carbons (Fsp3) is 0.269. The Balaban J connectivity index is 1.46. The molecule has 0 atom stereocenters. The fourth-order valence-corrected chi connectivity index (χ4v) is 5.46. The standard InChI is InChI=1S/C26H28BrN3O3S/c1-34(32,33)30(24-14-12-23(27)13-15-24)20-25(31)28-16-18-29(19-17-28)26(21-8-4-2-5-9-21)22-10-6-3-7-11-22/h2-15,26H,16-20H2,1H3. The van der Waals surface area contributed by atoms with Crippen LogP contribution in [0.15, 0.2) is 89.4 Å². The Bertz CT molecular complexity index is 1160. The summed E-state index contributed by atoms with van der Waals surface area (Å²) in [6.45, 7) is 2.30. The lowest BCUT2D eigenvalue weighted by Crippen LogP contribution is -2.52. The molecule has 1 aliphatic rings. The summed E-state index contributed by atoms with van der Waals surface area (Å²) in [7, 11) is -3.60. The van der Waals surface area contributed by atoms with Crippen LogP contribution in [0.3, 0.4) is 0 Å². The first-order valence-electron chi connectivity index (χ1n) is 11.2. The minimum atomic E-state index is -3.60. The molecule has 0 aliphatic carbocycles. The number of hydrogen-bond acceptors (Lipinski definition) is 4. The van der Waals surface area contributed by atoms with E-state index in [1.54, 1.807) is 29.2 Å². The van der Waals surface area contributed by atoms with Crippen LogP contribution in [-0.2, 0) is 14.8 Å². The summed E-state index contributed by atoms with van der Waals surface area (Å²) >= 11 is 3.36. The van der Waals surface area contributed by atoms with Crippen LogP contribution >= 0.6 is 15.9 Å². The molecule has 1 heterocycles. The van der Waals surface area contributed by atoms with Gasteiger partial charge in [-0.15, -0.1) is 0 Å². The third-order valence-corrected chi connectivity index (χ3v) is 7.73. The van der Waals surface area contributed by atoms with E-state index in [0.717, 1.165) is 10.7 Å². The van der Waals surface area contributed by atoms with Crippen molar-refractivity contribution in [1.82, 2.24) is 9.80 Å². The third-order valence-electron chi connectivity index (χ3n) is 6.06. The Labute approximate surface area is 210 Å². The van der Waals surface area contributed by atoms with Crippen molar-refractivity contribution in [3.63, 3.8) is 0 Å². The van der Waals surface area contributed by atoms with E-state index in [9.17, 15) is 13.2 Å². The predicted octanol–water partition coefficient (Wildman–Crippen LogP) is 4.15. The molecule has 0 aromatic heterocycles. The van der Waals surface area contributed by atoms with E-state index in [1.807, 2.05) is 36.4 Å². The minimum Gasteiger partial charge on any atom is -0.339 e. The molecule has 1 fully saturated rings. The van der Waals surface area contributed by atoms with E-state index in [1.165, 1.54) is 15.4 Å². The van der Waals surface area contributed by atoms with Crippen LogP contribution in [0.2, 0.25) is 0 Å². The number of nitrogens with zero attached hydrogens (tertiary/aromatic N) is 3. The number of anilines is 1. The van der Waals surface area contributed by atoms with Crippen molar-refractivity contribution in [2.24, 2.45) is 0 Å². The number of rotatable bonds is 7. The number of sulfonamides is 1. The van der Waals surface area contributed by atoms with Crippen molar-refractivity contribution in [3.8, 4) is 0 Å². The largest absolute Gasteiger partial charge is 0.339 e. The number of carbonyl (C=O) groups is 1. The maximum Gasteiger partial charge on any atom is 0.243 e. The second-order valence-corrected chi connectivity index (χ2v) is 11.2. The number of halogens is 1. The molecule has 0 unspecified atom stereocenters. The molecule has 8 heteroatoms. The summed E-state index contributed by atoms with van der Waals surface area (Å²) in [4.78, 5) is 17.3. The molecule has 0 spiro atoms. The van der Waals surface area contributed by atoms with Gasteiger partial charge in [-0.3, -0.25) is 14.0 Å². The van der Waals surface area contributed by atoms with Gasteiger partial charge < -0.3 is 4.90 Å². The lowest BCUT2D eigenvalue weighted by atomic mass is 9.96. The van der Waals surface area contributed by atoms with Gasteiger partial charge in [0.15, 0.2) is 0 Å². The van der Waals surface area contributed by atoms with Crippen LogP contribution in [0.5, 0.6) is 0 Å². The van der Waals surface area contributed by atoms with E-state index in [-0.39, 0.29) is 18.5 Å². The van der Waals surface area contributed by atoms with Crippen LogP contribution in [0.4, 0.5) is 5.69 Å². The summed E-state index contributed by atoms with van der Waals surface area (Å²) in [5.74, 6) is -0.191. The van der Waals surface area contributed by atoms with Crippen LogP contribution in [0, 0.1) is 0 Å². The zero-order valence-electron chi connectivity index (χ0n) is 19.0. The van der Waals surface area contributed by atoms with Gasteiger partial charge in [0, 0.05) is 30.7 Å². The van der Waals surface area contributed by atoms with Crippen molar-refractivity contribution in [1.29, 1.82) is 0 Å². The van der Waals surface area contributed by atoms with Gasteiger partial charge in [0.1, 0.15) is 6.54 Å². The van der Waals surface area contributed by atoms with Crippen molar-refractivity contribution >= 4 is 37.5 Å². The van der Waals surface area contributed by atoms with Gasteiger partial charge in [-0.1, -0.05) is 76.6 Å². The summed E-state index contributed by atoms with van der Waals surface area (Å²) < 4.78 is 26.9. The molecule has 1 saturated heterocycles. The van der Waals surface area contributed by atoms with Gasteiger partial charge in [-0.05, 0) is 35.4 Å². The van der Waals surface area contributed by atoms with Crippen molar-refractivity contribution in [2.45, 2.75) is 6.04 Å². The van der Waals surface area contributed by atoms with Crippen LogP contribution in [0.1, 0.15) is 17.2 Å². The highest BCUT2D eigenvalue weighted by Gasteiger charge is 2.30. The molecular formula is C26H28BrN3O3S. The third kappa shape index (κ3) is 5.87. The topological polar surface area (TPSA) is 60.9 Å². The van der Waals surface area contributed by atoms with Gasteiger partial charge in [-0.2, -0.15) is 0 Å². The molecule has 0 saturated carbocycles. The number of piperazine rings is 1. The number of benzene rings is 3. The average Bonchev–Trinajstić information content (AvgIpc) is 2.84. The molecule has 6 nitrogen and oxygen atoms in total. The second kappa shape index (κ2) is 10.7. The zero-order chi connectivity index (χ0) is 24.1. The Morgan fingerprint density at radius 2 is 1.35 bits per heavy atom. The Kier molecular flexibility index (Phi) is 7.70. The molecular weight excluding hydrogens is 514 g/mol. The van der Waals surface area contributed by atoms with E-state index in [0.29, 0.717) is 31.9 Å². The fourth-order valence-electron chi connectivity index (χ4n) is 4.34. The Morgan fingerprint density at radius 3 is 1.82 bits per heavy atom. The van der Waals surface area contributed by atoms with Crippen molar-refractivity contribution in [2.75, 3.05) is 43.3 Å². The van der Waals surface area contributed by atoms with Gasteiger partial charge >= 0.3 is 0 Å². The number of hydrogen-bond donors (Lipinski definition) is 0. The maximum atomic E-state index is 13.1. The van der Waals surface area contributed by atoms with Gasteiger partial charge in [0.05, 0.1) is 18.0 Å². The van der Waals surface area contributed by atoms with Crippen LogP contribution in [-0.4, -0.2) is 63.1 Å². The first-order valence-corrected chi connectivity index (χ1v) is 13.8. The predicted molar refractivity (Wildman–Crippen MR) is 139 cm³/mol. The highest BCUT2D eigenvalue weighted by atomic mass is 79.9. The minimum absolute atomic E-state index is 0.106. The van der Waals surface area contributed by atoms with E-state index >= 15 is 0 Å². The first-order chi connectivity index (χ1) is 16.3. The summed E-state index contributed by atoms with van der Waals surface area (Å²) in [6.07, 6.45) is 1.13.